The molecule has 0 fully saturated rings. The molecule has 0 saturated carbocycles. The third-order valence-electron chi connectivity index (χ3n) is 3.70. The van der Waals surface area contributed by atoms with Gasteiger partial charge in [-0.1, -0.05) is 48.0 Å². The van der Waals surface area contributed by atoms with Gasteiger partial charge in [-0.15, -0.1) is 11.8 Å². The van der Waals surface area contributed by atoms with Crippen LogP contribution in [0.5, 0.6) is 0 Å². The van der Waals surface area contributed by atoms with E-state index in [4.69, 9.17) is 11.6 Å². The molecule has 0 atom stereocenters. The van der Waals surface area contributed by atoms with Crippen molar-refractivity contribution in [1.82, 2.24) is 0 Å². The van der Waals surface area contributed by atoms with Gasteiger partial charge in [-0.3, -0.25) is 9.59 Å². The Morgan fingerprint density at radius 2 is 1.60 bits per heavy atom. The Morgan fingerprint density at radius 1 is 0.880 bits per heavy atom. The minimum atomic E-state index is -0.120. The van der Waals surface area contributed by atoms with E-state index in [9.17, 15) is 9.59 Å². The molecule has 0 unspecified atom stereocenters. The zero-order chi connectivity index (χ0) is 17.6. The van der Waals surface area contributed by atoms with Crippen molar-refractivity contribution in [3.05, 3.63) is 77.3 Å². The number of Topliss-reactive ketones (excluding diaryl/α,β-unsaturated/α-hetero) is 1. The number of fused-ring (bicyclic) bond motifs is 1. The first-order valence-corrected chi connectivity index (χ1v) is 9.31. The van der Waals surface area contributed by atoms with Crippen LogP contribution in [0.2, 0.25) is 5.02 Å². The number of halogens is 1. The number of carbonyl (C=O) groups is 2. The summed E-state index contributed by atoms with van der Waals surface area (Å²) in [6.45, 7) is 0. The molecule has 126 valence electrons. The number of anilines is 1. The highest BCUT2D eigenvalue weighted by atomic mass is 35.5. The number of amides is 1. The molecule has 5 heteroatoms. The summed E-state index contributed by atoms with van der Waals surface area (Å²) < 4.78 is 0. The molecule has 0 saturated heterocycles. The predicted octanol–water partition coefficient (Wildman–Crippen LogP) is 5.05. The van der Waals surface area contributed by atoms with Crippen molar-refractivity contribution in [1.29, 1.82) is 0 Å². The van der Waals surface area contributed by atoms with E-state index < -0.39 is 0 Å². The highest BCUT2D eigenvalue weighted by Crippen LogP contribution is 2.23. The molecule has 0 aliphatic carbocycles. The van der Waals surface area contributed by atoms with Crippen LogP contribution in [-0.4, -0.2) is 23.2 Å². The molecule has 0 heterocycles. The monoisotopic (exact) mass is 369 g/mol. The first-order chi connectivity index (χ1) is 12.1. The Kier molecular flexibility index (Phi) is 5.74. The van der Waals surface area contributed by atoms with Crippen LogP contribution in [0.15, 0.2) is 66.7 Å². The summed E-state index contributed by atoms with van der Waals surface area (Å²) in [5.41, 5.74) is 1.39. The molecule has 3 aromatic rings. The van der Waals surface area contributed by atoms with Crippen LogP contribution in [0.25, 0.3) is 10.8 Å². The SMILES string of the molecule is O=C(CSCC(=O)c1ccc(Cl)cc1)Nc1cccc2ccccc12. The fraction of sp³-hybridized carbons (Fsp3) is 0.100. The first kappa shape index (κ1) is 17.5. The zero-order valence-electron chi connectivity index (χ0n) is 13.4. The van der Waals surface area contributed by atoms with E-state index in [1.807, 2.05) is 42.5 Å². The number of nitrogens with one attached hydrogen (secondary N) is 1. The Bertz CT molecular complexity index is 904. The smallest absolute Gasteiger partial charge is 0.234 e. The number of ketones is 1. The third-order valence-corrected chi connectivity index (χ3v) is 4.88. The van der Waals surface area contributed by atoms with Crippen LogP contribution in [0.3, 0.4) is 0 Å². The summed E-state index contributed by atoms with van der Waals surface area (Å²) in [5.74, 6) is 0.345. The van der Waals surface area contributed by atoms with Crippen molar-refractivity contribution in [2.24, 2.45) is 0 Å². The second-order valence-electron chi connectivity index (χ2n) is 5.50. The molecule has 0 aromatic heterocycles. The average molecular weight is 370 g/mol. The van der Waals surface area contributed by atoms with Gasteiger partial charge in [-0.25, -0.2) is 0 Å². The topological polar surface area (TPSA) is 46.2 Å². The molecule has 3 rings (SSSR count). The van der Waals surface area contributed by atoms with Crippen molar-refractivity contribution in [2.45, 2.75) is 0 Å². The lowest BCUT2D eigenvalue weighted by atomic mass is 10.1. The molecule has 0 bridgehead atoms. The number of rotatable bonds is 6. The Morgan fingerprint density at radius 3 is 2.40 bits per heavy atom. The van der Waals surface area contributed by atoms with Crippen molar-refractivity contribution >= 4 is 51.5 Å². The van der Waals surface area contributed by atoms with E-state index in [0.717, 1.165) is 16.5 Å². The summed E-state index contributed by atoms with van der Waals surface area (Å²) in [5, 5.41) is 5.59. The van der Waals surface area contributed by atoms with Crippen LogP contribution in [0, 0.1) is 0 Å². The van der Waals surface area contributed by atoms with Gasteiger partial charge < -0.3 is 5.32 Å². The number of hydrogen-bond acceptors (Lipinski definition) is 3. The second-order valence-corrected chi connectivity index (χ2v) is 6.92. The minimum absolute atomic E-state index is 0.0142. The fourth-order valence-corrected chi connectivity index (χ4v) is 3.31. The van der Waals surface area contributed by atoms with E-state index in [0.29, 0.717) is 10.6 Å². The lowest BCUT2D eigenvalue weighted by molar-refractivity contribution is -0.113. The first-order valence-electron chi connectivity index (χ1n) is 7.77. The molecule has 0 aliphatic heterocycles. The molecule has 3 aromatic carbocycles. The minimum Gasteiger partial charge on any atom is -0.325 e. The van der Waals surface area contributed by atoms with Gasteiger partial charge in [0.2, 0.25) is 5.91 Å². The molecular weight excluding hydrogens is 354 g/mol. The van der Waals surface area contributed by atoms with Gasteiger partial charge in [-0.2, -0.15) is 0 Å². The van der Waals surface area contributed by atoms with Crippen molar-refractivity contribution < 1.29 is 9.59 Å². The van der Waals surface area contributed by atoms with Crippen LogP contribution >= 0.6 is 23.4 Å². The van der Waals surface area contributed by atoms with Crippen LogP contribution in [0.1, 0.15) is 10.4 Å². The summed E-state index contributed by atoms with van der Waals surface area (Å²) in [4.78, 5) is 24.2. The van der Waals surface area contributed by atoms with Gasteiger partial charge in [0.1, 0.15) is 0 Å². The maximum Gasteiger partial charge on any atom is 0.234 e. The van der Waals surface area contributed by atoms with Gasteiger partial charge in [-0.05, 0) is 35.7 Å². The van der Waals surface area contributed by atoms with Crippen LogP contribution < -0.4 is 5.32 Å². The number of hydrogen-bond donors (Lipinski definition) is 1. The second kappa shape index (κ2) is 8.19. The van der Waals surface area contributed by atoms with Crippen molar-refractivity contribution in [2.75, 3.05) is 16.8 Å². The molecule has 3 nitrogen and oxygen atoms in total. The highest BCUT2D eigenvalue weighted by molar-refractivity contribution is 8.00. The standard InChI is InChI=1S/C20H16ClNO2S/c21-16-10-8-15(9-11-16)19(23)12-25-13-20(24)22-18-7-3-5-14-4-1-2-6-17(14)18/h1-11H,12-13H2,(H,22,24). The fourth-order valence-electron chi connectivity index (χ4n) is 2.48. The normalized spacial score (nSPS) is 10.6. The molecular formula is C20H16ClNO2S. The predicted molar refractivity (Wildman–Crippen MR) is 106 cm³/mol. The van der Waals surface area contributed by atoms with E-state index in [1.165, 1.54) is 11.8 Å². The summed E-state index contributed by atoms with van der Waals surface area (Å²) in [6, 6.07) is 20.4. The Hall–Kier alpha value is -2.30. The summed E-state index contributed by atoms with van der Waals surface area (Å²) in [6.07, 6.45) is 0. The van der Waals surface area contributed by atoms with Crippen LogP contribution in [0.4, 0.5) is 5.69 Å². The molecule has 1 amide bonds. The average Bonchev–Trinajstić information content (AvgIpc) is 2.62. The van der Waals surface area contributed by atoms with Gasteiger partial charge in [0.15, 0.2) is 5.78 Å². The third kappa shape index (κ3) is 4.62. The van der Waals surface area contributed by atoms with Crippen molar-refractivity contribution in [3.63, 3.8) is 0 Å². The maximum absolute atomic E-state index is 12.2. The maximum atomic E-state index is 12.2. The van der Waals surface area contributed by atoms with E-state index in [2.05, 4.69) is 5.32 Å². The quantitative estimate of drug-likeness (QED) is 0.618. The van der Waals surface area contributed by atoms with Gasteiger partial charge in [0.05, 0.1) is 11.5 Å². The Labute approximate surface area is 155 Å². The van der Waals surface area contributed by atoms with E-state index in [-0.39, 0.29) is 23.2 Å². The number of thioether (sulfide) groups is 1. The lowest BCUT2D eigenvalue weighted by Gasteiger charge is -2.08. The van der Waals surface area contributed by atoms with Gasteiger partial charge >= 0.3 is 0 Å². The van der Waals surface area contributed by atoms with E-state index >= 15 is 0 Å². The number of carbonyl (C=O) groups excluding carboxylic acids is 2. The largest absolute Gasteiger partial charge is 0.325 e. The molecule has 1 N–H and O–H groups in total. The molecule has 0 aliphatic rings. The summed E-state index contributed by atoms with van der Waals surface area (Å²) in [7, 11) is 0. The Balaban J connectivity index is 1.54. The molecule has 0 spiro atoms. The van der Waals surface area contributed by atoms with Crippen molar-refractivity contribution in [3.8, 4) is 0 Å². The molecule has 25 heavy (non-hydrogen) atoms. The summed E-state index contributed by atoms with van der Waals surface area (Å²) >= 11 is 7.11. The highest BCUT2D eigenvalue weighted by Gasteiger charge is 2.09. The van der Waals surface area contributed by atoms with Gasteiger partial charge in [0.25, 0.3) is 0 Å². The van der Waals surface area contributed by atoms with Crippen LogP contribution in [-0.2, 0) is 4.79 Å². The van der Waals surface area contributed by atoms with E-state index in [1.54, 1.807) is 24.3 Å². The molecule has 0 radical (unpaired) electrons. The lowest BCUT2D eigenvalue weighted by Crippen LogP contribution is -2.15. The van der Waals surface area contributed by atoms with Gasteiger partial charge in [0, 0.05) is 21.7 Å². The number of benzene rings is 3. The zero-order valence-corrected chi connectivity index (χ0v) is 14.9.